The molecule has 6 heteroatoms. The molecular formula is C19H27Cl2N3O. The SMILES string of the molecule is CC1CC(NC(=O)c2cc(C(C)C)nc3ccccc23)CCN1.Cl.Cl. The Bertz CT molecular complexity index is 721. The topological polar surface area (TPSA) is 54.0 Å². The van der Waals surface area contributed by atoms with E-state index in [1.54, 1.807) is 0 Å². The highest BCUT2D eigenvalue weighted by Crippen LogP contribution is 2.23. The lowest BCUT2D eigenvalue weighted by Gasteiger charge is -2.28. The second-order valence-corrected chi connectivity index (χ2v) is 6.82. The van der Waals surface area contributed by atoms with Gasteiger partial charge in [0.15, 0.2) is 0 Å². The summed E-state index contributed by atoms with van der Waals surface area (Å²) in [7, 11) is 0. The molecule has 138 valence electrons. The zero-order chi connectivity index (χ0) is 16.4. The summed E-state index contributed by atoms with van der Waals surface area (Å²) in [4.78, 5) is 17.5. The Balaban J connectivity index is 0.00000156. The van der Waals surface area contributed by atoms with Gasteiger partial charge in [-0.3, -0.25) is 9.78 Å². The lowest BCUT2D eigenvalue weighted by Crippen LogP contribution is -2.46. The van der Waals surface area contributed by atoms with E-state index in [1.165, 1.54) is 0 Å². The number of hydrogen-bond donors (Lipinski definition) is 2. The van der Waals surface area contributed by atoms with Crippen molar-refractivity contribution in [2.75, 3.05) is 6.54 Å². The number of piperidine rings is 1. The number of halogens is 2. The number of benzene rings is 1. The summed E-state index contributed by atoms with van der Waals surface area (Å²) >= 11 is 0. The summed E-state index contributed by atoms with van der Waals surface area (Å²) in [6.07, 6.45) is 1.96. The van der Waals surface area contributed by atoms with Crippen molar-refractivity contribution in [3.63, 3.8) is 0 Å². The Morgan fingerprint density at radius 1 is 1.28 bits per heavy atom. The summed E-state index contributed by atoms with van der Waals surface area (Å²) < 4.78 is 0. The minimum Gasteiger partial charge on any atom is -0.349 e. The molecular weight excluding hydrogens is 357 g/mol. The number of nitrogens with zero attached hydrogens (tertiary/aromatic N) is 1. The lowest BCUT2D eigenvalue weighted by atomic mass is 9.98. The molecule has 2 heterocycles. The van der Waals surface area contributed by atoms with Crippen molar-refractivity contribution < 1.29 is 4.79 Å². The van der Waals surface area contributed by atoms with Gasteiger partial charge in [-0.2, -0.15) is 0 Å². The number of aromatic nitrogens is 1. The molecule has 4 nitrogen and oxygen atoms in total. The van der Waals surface area contributed by atoms with Crippen molar-refractivity contribution in [1.82, 2.24) is 15.6 Å². The second-order valence-electron chi connectivity index (χ2n) is 6.82. The number of nitrogens with one attached hydrogen (secondary N) is 2. The fourth-order valence-electron chi connectivity index (χ4n) is 3.21. The van der Waals surface area contributed by atoms with Crippen LogP contribution in [0.4, 0.5) is 0 Å². The number of amides is 1. The molecule has 0 bridgehead atoms. The van der Waals surface area contributed by atoms with E-state index in [1.807, 2.05) is 30.3 Å². The summed E-state index contributed by atoms with van der Waals surface area (Å²) in [6, 6.07) is 10.5. The first kappa shape index (κ1) is 21.7. The first-order chi connectivity index (χ1) is 11.0. The van der Waals surface area contributed by atoms with E-state index in [2.05, 4.69) is 36.4 Å². The van der Waals surface area contributed by atoms with Crippen molar-refractivity contribution in [1.29, 1.82) is 0 Å². The molecule has 1 aromatic heterocycles. The number of carbonyl (C=O) groups is 1. The Morgan fingerprint density at radius 3 is 2.68 bits per heavy atom. The van der Waals surface area contributed by atoms with Gasteiger partial charge >= 0.3 is 0 Å². The molecule has 0 saturated carbocycles. The predicted octanol–water partition coefficient (Wildman–Crippen LogP) is 4.07. The number of hydrogen-bond acceptors (Lipinski definition) is 3. The second kappa shape index (κ2) is 9.37. The van der Waals surface area contributed by atoms with Crippen LogP contribution in [-0.2, 0) is 0 Å². The van der Waals surface area contributed by atoms with Crippen LogP contribution in [0.1, 0.15) is 55.6 Å². The van der Waals surface area contributed by atoms with Gasteiger partial charge in [-0.1, -0.05) is 32.0 Å². The zero-order valence-electron chi connectivity index (χ0n) is 14.9. The van der Waals surface area contributed by atoms with Crippen LogP contribution in [0.3, 0.4) is 0 Å². The van der Waals surface area contributed by atoms with Crippen LogP contribution in [0.2, 0.25) is 0 Å². The highest BCUT2D eigenvalue weighted by atomic mass is 35.5. The molecule has 2 unspecified atom stereocenters. The Kier molecular flexibility index (Phi) is 8.13. The molecule has 1 aliphatic heterocycles. The normalized spacial score (nSPS) is 19.8. The molecule has 1 aliphatic rings. The first-order valence-electron chi connectivity index (χ1n) is 8.48. The molecule has 2 N–H and O–H groups in total. The van der Waals surface area contributed by atoms with Gasteiger partial charge in [0.2, 0.25) is 0 Å². The van der Waals surface area contributed by atoms with E-state index in [0.29, 0.717) is 12.0 Å². The van der Waals surface area contributed by atoms with Crippen LogP contribution in [-0.4, -0.2) is 29.5 Å². The molecule has 1 saturated heterocycles. The number of fused-ring (bicyclic) bond motifs is 1. The fourth-order valence-corrected chi connectivity index (χ4v) is 3.21. The largest absolute Gasteiger partial charge is 0.349 e. The van der Waals surface area contributed by atoms with E-state index in [0.717, 1.165) is 41.5 Å². The number of rotatable bonds is 3. The first-order valence-corrected chi connectivity index (χ1v) is 8.48. The van der Waals surface area contributed by atoms with Gasteiger partial charge in [-0.25, -0.2) is 0 Å². The lowest BCUT2D eigenvalue weighted by molar-refractivity contribution is 0.0927. The van der Waals surface area contributed by atoms with Crippen LogP contribution < -0.4 is 10.6 Å². The molecule has 0 spiro atoms. The van der Waals surface area contributed by atoms with Gasteiger partial charge in [0.1, 0.15) is 0 Å². The average molecular weight is 384 g/mol. The predicted molar refractivity (Wildman–Crippen MR) is 108 cm³/mol. The minimum absolute atomic E-state index is 0. The molecule has 1 fully saturated rings. The van der Waals surface area contributed by atoms with E-state index >= 15 is 0 Å². The van der Waals surface area contributed by atoms with Crippen LogP contribution in [0, 0.1) is 0 Å². The number of pyridine rings is 1. The third-order valence-electron chi connectivity index (χ3n) is 4.53. The smallest absolute Gasteiger partial charge is 0.252 e. The van der Waals surface area contributed by atoms with Gasteiger partial charge in [-0.15, -0.1) is 24.8 Å². The maximum Gasteiger partial charge on any atom is 0.252 e. The average Bonchev–Trinajstić information content (AvgIpc) is 2.53. The maximum atomic E-state index is 12.8. The van der Waals surface area contributed by atoms with Crippen LogP contribution in [0.15, 0.2) is 30.3 Å². The standard InChI is InChI=1S/C19H25N3O.2ClH/c1-12(2)18-11-16(15-6-4-5-7-17(15)22-18)19(23)21-14-8-9-20-13(3)10-14;;/h4-7,11-14,20H,8-10H2,1-3H3,(H,21,23);2*1H. The summed E-state index contributed by atoms with van der Waals surface area (Å²) in [6.45, 7) is 7.33. The van der Waals surface area contributed by atoms with Gasteiger partial charge in [0.25, 0.3) is 5.91 Å². The van der Waals surface area contributed by atoms with E-state index in [-0.39, 0.29) is 36.8 Å². The van der Waals surface area contributed by atoms with Crippen molar-refractivity contribution in [2.45, 2.75) is 51.6 Å². The van der Waals surface area contributed by atoms with Crippen molar-refractivity contribution in [3.8, 4) is 0 Å². The summed E-state index contributed by atoms with van der Waals surface area (Å²) in [5, 5.41) is 7.56. The molecule has 0 radical (unpaired) electrons. The highest BCUT2D eigenvalue weighted by molar-refractivity contribution is 6.06. The molecule has 25 heavy (non-hydrogen) atoms. The molecule has 1 aromatic carbocycles. The van der Waals surface area contributed by atoms with E-state index in [4.69, 9.17) is 0 Å². The fraction of sp³-hybridized carbons (Fsp3) is 0.474. The van der Waals surface area contributed by atoms with E-state index < -0.39 is 0 Å². The van der Waals surface area contributed by atoms with Crippen LogP contribution >= 0.6 is 24.8 Å². The Morgan fingerprint density at radius 2 is 2.00 bits per heavy atom. The minimum atomic E-state index is 0. The molecule has 3 rings (SSSR count). The molecule has 2 atom stereocenters. The quantitative estimate of drug-likeness (QED) is 0.839. The van der Waals surface area contributed by atoms with Crippen LogP contribution in [0.25, 0.3) is 10.9 Å². The van der Waals surface area contributed by atoms with Crippen LogP contribution in [0.5, 0.6) is 0 Å². The van der Waals surface area contributed by atoms with Gasteiger partial charge < -0.3 is 10.6 Å². The molecule has 0 aliphatic carbocycles. The van der Waals surface area contributed by atoms with Crippen molar-refractivity contribution >= 4 is 41.6 Å². The third kappa shape index (κ3) is 5.06. The number of para-hydroxylation sites is 1. The van der Waals surface area contributed by atoms with Gasteiger partial charge in [0, 0.05) is 23.2 Å². The van der Waals surface area contributed by atoms with Crippen molar-refractivity contribution in [3.05, 3.63) is 41.6 Å². The van der Waals surface area contributed by atoms with Crippen molar-refractivity contribution in [2.24, 2.45) is 0 Å². The van der Waals surface area contributed by atoms with Gasteiger partial charge in [-0.05, 0) is 44.4 Å². The van der Waals surface area contributed by atoms with E-state index in [9.17, 15) is 4.79 Å². The maximum absolute atomic E-state index is 12.8. The monoisotopic (exact) mass is 383 g/mol. The Labute approximate surface area is 162 Å². The summed E-state index contributed by atoms with van der Waals surface area (Å²) in [5.74, 6) is 0.314. The molecule has 1 amide bonds. The van der Waals surface area contributed by atoms with Gasteiger partial charge in [0.05, 0.1) is 11.1 Å². The molecule has 2 aromatic rings. The summed E-state index contributed by atoms with van der Waals surface area (Å²) in [5.41, 5.74) is 2.60. The Hall–Kier alpha value is -1.36. The number of carbonyl (C=O) groups excluding carboxylic acids is 1. The zero-order valence-corrected chi connectivity index (χ0v) is 16.5. The third-order valence-corrected chi connectivity index (χ3v) is 4.53. The highest BCUT2D eigenvalue weighted by Gasteiger charge is 2.22.